The van der Waals surface area contributed by atoms with Crippen molar-refractivity contribution in [3.8, 4) is 5.69 Å². The van der Waals surface area contributed by atoms with Crippen molar-refractivity contribution in [1.29, 1.82) is 0 Å². The van der Waals surface area contributed by atoms with Crippen molar-refractivity contribution in [3.05, 3.63) is 60.4 Å². The number of anilines is 1. The molecule has 3 aromatic rings. The second-order valence-electron chi connectivity index (χ2n) is 6.62. The molecule has 0 spiro atoms. The molecule has 2 atom stereocenters. The first-order valence-electron chi connectivity index (χ1n) is 9.16. The minimum atomic E-state index is -0.400. The lowest BCUT2D eigenvalue weighted by Crippen LogP contribution is -2.30. The molecule has 8 nitrogen and oxygen atoms in total. The van der Waals surface area contributed by atoms with Crippen LogP contribution in [0.4, 0.5) is 5.82 Å². The molecule has 1 aromatic carbocycles. The fraction of sp³-hybridized carbons (Fsp3) is 0.300. The summed E-state index contributed by atoms with van der Waals surface area (Å²) in [6.07, 6.45) is 5.33. The summed E-state index contributed by atoms with van der Waals surface area (Å²) >= 11 is 1.26. The highest BCUT2D eigenvalue weighted by atomic mass is 32.2. The van der Waals surface area contributed by atoms with Gasteiger partial charge in [0.25, 0.3) is 0 Å². The summed E-state index contributed by atoms with van der Waals surface area (Å²) in [6, 6.07) is 9.41. The molecule has 2 amide bonds. The Hall–Kier alpha value is -3.07. The van der Waals surface area contributed by atoms with Crippen molar-refractivity contribution in [2.24, 2.45) is 0 Å². The molecule has 0 aliphatic heterocycles. The molecule has 0 aliphatic carbocycles. The molecule has 0 aliphatic rings. The maximum Gasteiger partial charge on any atom is 0.238 e. The van der Waals surface area contributed by atoms with Crippen LogP contribution in [-0.2, 0) is 9.59 Å². The van der Waals surface area contributed by atoms with Crippen LogP contribution in [0.2, 0.25) is 0 Å². The summed E-state index contributed by atoms with van der Waals surface area (Å²) in [5.74, 6) is 0.825. The maximum atomic E-state index is 12.3. The summed E-state index contributed by atoms with van der Waals surface area (Å²) in [7, 11) is 0. The van der Waals surface area contributed by atoms with Gasteiger partial charge in [-0.05, 0) is 38.5 Å². The van der Waals surface area contributed by atoms with E-state index in [9.17, 15) is 9.59 Å². The van der Waals surface area contributed by atoms with E-state index in [0.29, 0.717) is 11.6 Å². The molecule has 0 unspecified atom stereocenters. The number of amides is 2. The monoisotopic (exact) mass is 413 g/mol. The van der Waals surface area contributed by atoms with E-state index in [2.05, 4.69) is 20.8 Å². The Kier molecular flexibility index (Phi) is 6.71. The lowest BCUT2D eigenvalue weighted by Gasteiger charge is -2.16. The molecule has 0 saturated carbocycles. The molecule has 9 heteroatoms. The minimum absolute atomic E-state index is 0.127. The van der Waals surface area contributed by atoms with Gasteiger partial charge in [-0.3, -0.25) is 9.59 Å². The van der Waals surface area contributed by atoms with Crippen LogP contribution in [-0.4, -0.2) is 37.5 Å². The van der Waals surface area contributed by atoms with Crippen molar-refractivity contribution in [1.82, 2.24) is 20.0 Å². The average Bonchev–Trinajstić information content (AvgIpc) is 3.38. The fourth-order valence-corrected chi connectivity index (χ4v) is 3.34. The van der Waals surface area contributed by atoms with Gasteiger partial charge in [-0.15, -0.1) is 11.8 Å². The van der Waals surface area contributed by atoms with E-state index in [1.165, 1.54) is 11.8 Å². The number of aryl methyl sites for hydroxylation is 1. The molecule has 2 N–H and O–H groups in total. The molecule has 152 valence electrons. The Bertz CT molecular complexity index is 953. The van der Waals surface area contributed by atoms with Gasteiger partial charge in [0.2, 0.25) is 11.8 Å². The molecular weight excluding hydrogens is 390 g/mol. The third-order valence-corrected chi connectivity index (χ3v) is 5.43. The van der Waals surface area contributed by atoms with Gasteiger partial charge in [-0.25, -0.2) is 4.98 Å². The highest BCUT2D eigenvalue weighted by Crippen LogP contribution is 2.17. The molecule has 0 fully saturated rings. The molecule has 0 radical (unpaired) electrons. The number of imidazole rings is 1. The maximum absolute atomic E-state index is 12.3. The van der Waals surface area contributed by atoms with Crippen LogP contribution in [0.5, 0.6) is 0 Å². The molecule has 2 aromatic heterocycles. The van der Waals surface area contributed by atoms with E-state index in [4.69, 9.17) is 4.52 Å². The molecule has 2 heterocycles. The van der Waals surface area contributed by atoms with Gasteiger partial charge in [-0.2, -0.15) is 0 Å². The van der Waals surface area contributed by atoms with Crippen LogP contribution >= 0.6 is 11.8 Å². The van der Waals surface area contributed by atoms with Gasteiger partial charge < -0.3 is 19.7 Å². The topological polar surface area (TPSA) is 102 Å². The predicted octanol–water partition coefficient (Wildman–Crippen LogP) is 3.11. The van der Waals surface area contributed by atoms with Crippen LogP contribution < -0.4 is 10.6 Å². The first-order chi connectivity index (χ1) is 13.9. The average molecular weight is 414 g/mol. The van der Waals surface area contributed by atoms with Crippen LogP contribution in [0.3, 0.4) is 0 Å². The third-order valence-electron chi connectivity index (χ3n) is 4.29. The van der Waals surface area contributed by atoms with Gasteiger partial charge in [0.1, 0.15) is 5.76 Å². The van der Waals surface area contributed by atoms with E-state index >= 15 is 0 Å². The van der Waals surface area contributed by atoms with Gasteiger partial charge in [0.05, 0.1) is 23.4 Å². The molecule has 0 bridgehead atoms. The molecule has 3 rings (SSSR count). The largest absolute Gasteiger partial charge is 0.360 e. The van der Waals surface area contributed by atoms with Crippen molar-refractivity contribution in [3.63, 3.8) is 0 Å². The normalized spacial score (nSPS) is 12.9. The summed E-state index contributed by atoms with van der Waals surface area (Å²) in [6.45, 7) is 5.42. The zero-order chi connectivity index (χ0) is 20.8. The molecular formula is C20H23N5O3S. The zero-order valence-electron chi connectivity index (χ0n) is 16.5. The van der Waals surface area contributed by atoms with E-state index in [-0.39, 0.29) is 23.6 Å². The summed E-state index contributed by atoms with van der Waals surface area (Å²) < 4.78 is 6.83. The smallest absolute Gasteiger partial charge is 0.238 e. The van der Waals surface area contributed by atoms with Crippen molar-refractivity contribution >= 4 is 29.4 Å². The summed E-state index contributed by atoms with van der Waals surface area (Å²) in [5.41, 5.74) is 2.00. The van der Waals surface area contributed by atoms with E-state index in [0.717, 1.165) is 11.3 Å². The quantitative estimate of drug-likeness (QED) is 0.588. The van der Waals surface area contributed by atoms with Crippen molar-refractivity contribution in [2.75, 3.05) is 11.1 Å². The number of rotatable bonds is 8. The summed E-state index contributed by atoms with van der Waals surface area (Å²) in [4.78, 5) is 28.5. The minimum Gasteiger partial charge on any atom is -0.360 e. The standard InChI is InChI=1S/C20H23N5O3S/c1-13-10-18(24-28-13)23-20(27)15(3)29-11-19(26)22-14(2)16-4-6-17(7-5-16)25-9-8-21-12-25/h4-10,12,14-15H,11H2,1-3H3,(H,22,26)(H,23,24,27)/t14-,15-/m1/s1. The Balaban J connectivity index is 1.45. The Morgan fingerprint density at radius 1 is 1.24 bits per heavy atom. The van der Waals surface area contributed by atoms with Crippen LogP contribution in [0.1, 0.15) is 31.2 Å². The number of benzene rings is 1. The van der Waals surface area contributed by atoms with Gasteiger partial charge in [0.15, 0.2) is 5.82 Å². The fourth-order valence-electron chi connectivity index (χ4n) is 2.64. The van der Waals surface area contributed by atoms with Gasteiger partial charge >= 0.3 is 0 Å². The number of nitrogens with zero attached hydrogens (tertiary/aromatic N) is 3. The lowest BCUT2D eigenvalue weighted by atomic mass is 10.1. The number of hydrogen-bond donors (Lipinski definition) is 2. The first-order valence-corrected chi connectivity index (χ1v) is 10.2. The van der Waals surface area contributed by atoms with Crippen LogP contribution in [0.25, 0.3) is 5.69 Å². The Morgan fingerprint density at radius 2 is 2.00 bits per heavy atom. The Labute approximate surface area is 173 Å². The van der Waals surface area contributed by atoms with Crippen LogP contribution in [0.15, 0.2) is 53.6 Å². The van der Waals surface area contributed by atoms with Gasteiger partial charge in [0, 0.05) is 24.1 Å². The number of thioether (sulfide) groups is 1. The predicted molar refractivity (Wildman–Crippen MR) is 112 cm³/mol. The van der Waals surface area contributed by atoms with E-state index in [1.807, 2.05) is 42.0 Å². The van der Waals surface area contributed by atoms with Crippen LogP contribution in [0, 0.1) is 6.92 Å². The Morgan fingerprint density at radius 3 is 2.62 bits per heavy atom. The molecule has 0 saturated heterocycles. The zero-order valence-corrected chi connectivity index (χ0v) is 17.3. The highest BCUT2D eigenvalue weighted by Gasteiger charge is 2.18. The number of carbonyl (C=O) groups excluding carboxylic acids is 2. The third kappa shape index (κ3) is 5.71. The number of nitrogens with one attached hydrogen (secondary N) is 2. The SMILES string of the molecule is Cc1cc(NC(=O)[C@@H](C)SCC(=O)N[C@H](C)c2ccc(-n3ccnc3)cc2)no1. The summed E-state index contributed by atoms with van der Waals surface area (Å²) in [5, 5.41) is 8.95. The lowest BCUT2D eigenvalue weighted by molar-refractivity contribution is -0.119. The number of hydrogen-bond acceptors (Lipinski definition) is 6. The van der Waals surface area contributed by atoms with Gasteiger partial charge in [-0.1, -0.05) is 17.3 Å². The molecule has 29 heavy (non-hydrogen) atoms. The number of aromatic nitrogens is 3. The highest BCUT2D eigenvalue weighted by molar-refractivity contribution is 8.01. The second kappa shape index (κ2) is 9.42. The first kappa shape index (κ1) is 20.7. The number of carbonyl (C=O) groups is 2. The van der Waals surface area contributed by atoms with Crippen molar-refractivity contribution in [2.45, 2.75) is 32.1 Å². The van der Waals surface area contributed by atoms with Crippen molar-refractivity contribution < 1.29 is 14.1 Å². The van der Waals surface area contributed by atoms with E-state index < -0.39 is 5.25 Å². The van der Waals surface area contributed by atoms with E-state index in [1.54, 1.807) is 32.4 Å². The second-order valence-corrected chi connectivity index (χ2v) is 7.95.